The van der Waals surface area contributed by atoms with Gasteiger partial charge in [-0.2, -0.15) is 5.26 Å². The molecule has 6 heteroatoms. The first-order valence-electron chi connectivity index (χ1n) is 9.57. The fourth-order valence-corrected chi connectivity index (χ4v) is 3.09. The van der Waals surface area contributed by atoms with E-state index in [0.29, 0.717) is 18.2 Å². The maximum atomic E-state index is 12.5. The minimum atomic E-state index is -0.431. The number of nitriles is 1. The Morgan fingerprint density at radius 2 is 2.10 bits per heavy atom. The first kappa shape index (κ1) is 22.3. The lowest BCUT2D eigenvalue weighted by Gasteiger charge is -2.18. The number of aryl methyl sites for hydroxylation is 1. The van der Waals surface area contributed by atoms with Crippen molar-refractivity contribution in [3.05, 3.63) is 76.0 Å². The zero-order valence-corrected chi connectivity index (χ0v) is 17.7. The first-order chi connectivity index (χ1) is 13.9. The number of carbonyl (C=O) groups is 1. The van der Waals surface area contributed by atoms with Gasteiger partial charge in [-0.25, -0.2) is 0 Å². The Morgan fingerprint density at radius 1 is 1.31 bits per heavy atom. The summed E-state index contributed by atoms with van der Waals surface area (Å²) >= 11 is 5.97. The zero-order chi connectivity index (χ0) is 21.2. The SMILES string of the molecule is CCOc1ccc(C)cc1C(C)NC(=O)/C(C#N)=C\NCCc1cccc(Cl)c1. The molecular formula is C23H26ClN3O2. The van der Waals surface area contributed by atoms with Crippen LogP contribution in [0.5, 0.6) is 5.75 Å². The van der Waals surface area contributed by atoms with Crippen LogP contribution in [0.25, 0.3) is 0 Å². The highest BCUT2D eigenvalue weighted by atomic mass is 35.5. The summed E-state index contributed by atoms with van der Waals surface area (Å²) in [5.74, 6) is 0.298. The number of amides is 1. The van der Waals surface area contributed by atoms with Crippen LogP contribution in [0.15, 0.2) is 54.2 Å². The molecule has 5 nitrogen and oxygen atoms in total. The minimum absolute atomic E-state index is 0.0218. The van der Waals surface area contributed by atoms with E-state index in [9.17, 15) is 10.1 Å². The van der Waals surface area contributed by atoms with E-state index in [-0.39, 0.29) is 11.6 Å². The third-order valence-electron chi connectivity index (χ3n) is 4.34. The average Bonchev–Trinajstić information content (AvgIpc) is 2.69. The summed E-state index contributed by atoms with van der Waals surface area (Å²) in [6.07, 6.45) is 2.18. The van der Waals surface area contributed by atoms with Crippen LogP contribution in [0, 0.1) is 18.3 Å². The molecule has 0 aliphatic heterocycles. The van der Waals surface area contributed by atoms with Crippen molar-refractivity contribution in [1.29, 1.82) is 5.26 Å². The van der Waals surface area contributed by atoms with Crippen LogP contribution < -0.4 is 15.4 Å². The van der Waals surface area contributed by atoms with Crippen molar-refractivity contribution in [3.63, 3.8) is 0 Å². The lowest BCUT2D eigenvalue weighted by atomic mass is 10.0. The van der Waals surface area contributed by atoms with Crippen LogP contribution >= 0.6 is 11.6 Å². The third-order valence-corrected chi connectivity index (χ3v) is 4.57. The van der Waals surface area contributed by atoms with Crippen LogP contribution in [0.3, 0.4) is 0 Å². The molecule has 0 spiro atoms. The van der Waals surface area contributed by atoms with Crippen LogP contribution in [0.4, 0.5) is 0 Å². The molecule has 0 radical (unpaired) electrons. The second kappa shape index (κ2) is 11.1. The lowest BCUT2D eigenvalue weighted by molar-refractivity contribution is -0.117. The second-order valence-corrected chi connectivity index (χ2v) is 7.11. The van der Waals surface area contributed by atoms with E-state index in [1.807, 2.05) is 69.3 Å². The molecule has 1 atom stereocenters. The number of nitrogens with zero attached hydrogens (tertiary/aromatic N) is 1. The molecule has 0 aliphatic rings. The zero-order valence-electron chi connectivity index (χ0n) is 17.0. The molecule has 152 valence electrons. The monoisotopic (exact) mass is 411 g/mol. The molecule has 2 rings (SSSR count). The highest BCUT2D eigenvalue weighted by molar-refractivity contribution is 6.30. The molecule has 2 aromatic rings. The van der Waals surface area contributed by atoms with Crippen LogP contribution in [0.1, 0.15) is 36.6 Å². The van der Waals surface area contributed by atoms with Crippen molar-refractivity contribution in [2.24, 2.45) is 0 Å². The average molecular weight is 412 g/mol. The Kier molecular flexibility index (Phi) is 8.57. The standard InChI is InChI=1S/C23H26ClN3O2/c1-4-29-22-9-8-16(2)12-21(22)17(3)27-23(28)19(14-25)15-26-11-10-18-6-5-7-20(24)13-18/h5-9,12-13,15,17,26H,4,10-11H2,1-3H3,(H,27,28)/b19-15-. The third kappa shape index (κ3) is 6.85. The van der Waals surface area contributed by atoms with Gasteiger partial charge < -0.3 is 15.4 Å². The van der Waals surface area contributed by atoms with E-state index in [4.69, 9.17) is 16.3 Å². The quantitative estimate of drug-likeness (QED) is 0.363. The Hall–Kier alpha value is -2.97. The maximum absolute atomic E-state index is 12.5. The number of rotatable bonds is 9. The molecule has 1 unspecified atom stereocenters. The van der Waals surface area contributed by atoms with Crippen molar-refractivity contribution in [2.45, 2.75) is 33.2 Å². The van der Waals surface area contributed by atoms with Gasteiger partial charge in [0.2, 0.25) is 0 Å². The molecule has 0 bridgehead atoms. The summed E-state index contributed by atoms with van der Waals surface area (Å²) in [5, 5.41) is 15.9. The van der Waals surface area contributed by atoms with Gasteiger partial charge in [0.25, 0.3) is 5.91 Å². The van der Waals surface area contributed by atoms with Crippen molar-refractivity contribution in [2.75, 3.05) is 13.2 Å². The first-order valence-corrected chi connectivity index (χ1v) is 9.94. The topological polar surface area (TPSA) is 74.1 Å². The van der Waals surface area contributed by atoms with Gasteiger partial charge in [0.1, 0.15) is 17.4 Å². The summed E-state index contributed by atoms with van der Waals surface area (Å²) < 4.78 is 5.66. The second-order valence-electron chi connectivity index (χ2n) is 6.67. The van der Waals surface area contributed by atoms with E-state index in [1.165, 1.54) is 6.20 Å². The van der Waals surface area contributed by atoms with Gasteiger partial charge >= 0.3 is 0 Å². The van der Waals surface area contributed by atoms with E-state index in [2.05, 4.69) is 10.6 Å². The fraction of sp³-hybridized carbons (Fsp3) is 0.304. The number of ether oxygens (including phenoxy) is 1. The predicted molar refractivity (Wildman–Crippen MR) is 116 cm³/mol. The van der Waals surface area contributed by atoms with Gasteiger partial charge in [-0.15, -0.1) is 0 Å². The Morgan fingerprint density at radius 3 is 2.79 bits per heavy atom. The number of hydrogen-bond acceptors (Lipinski definition) is 4. The predicted octanol–water partition coefficient (Wildman–Crippen LogP) is 4.46. The summed E-state index contributed by atoms with van der Waals surface area (Å²) in [6, 6.07) is 15.1. The molecule has 0 fully saturated rings. The summed E-state index contributed by atoms with van der Waals surface area (Å²) in [7, 11) is 0. The van der Waals surface area contributed by atoms with E-state index in [0.717, 1.165) is 28.9 Å². The molecule has 0 aliphatic carbocycles. The van der Waals surface area contributed by atoms with Crippen LogP contribution in [0.2, 0.25) is 5.02 Å². The van der Waals surface area contributed by atoms with Crippen molar-refractivity contribution >= 4 is 17.5 Å². The molecule has 0 saturated heterocycles. The van der Waals surface area contributed by atoms with Crippen molar-refractivity contribution in [1.82, 2.24) is 10.6 Å². The Labute approximate surface area is 177 Å². The molecule has 29 heavy (non-hydrogen) atoms. The van der Waals surface area contributed by atoms with Crippen molar-refractivity contribution in [3.8, 4) is 11.8 Å². The van der Waals surface area contributed by atoms with E-state index < -0.39 is 5.91 Å². The highest BCUT2D eigenvalue weighted by Gasteiger charge is 2.17. The largest absolute Gasteiger partial charge is 0.494 e. The van der Waals surface area contributed by atoms with Gasteiger partial charge in [-0.1, -0.05) is 41.4 Å². The van der Waals surface area contributed by atoms with E-state index >= 15 is 0 Å². The minimum Gasteiger partial charge on any atom is -0.494 e. The lowest BCUT2D eigenvalue weighted by Crippen LogP contribution is -2.29. The molecule has 1 amide bonds. The number of hydrogen-bond donors (Lipinski definition) is 2. The summed E-state index contributed by atoms with van der Waals surface area (Å²) in [5.41, 5.74) is 3.06. The van der Waals surface area contributed by atoms with Crippen molar-refractivity contribution < 1.29 is 9.53 Å². The maximum Gasteiger partial charge on any atom is 0.263 e. The molecule has 0 heterocycles. The molecule has 2 N–H and O–H groups in total. The number of benzene rings is 2. The van der Waals surface area contributed by atoms with Gasteiger partial charge in [0.05, 0.1) is 12.6 Å². The van der Waals surface area contributed by atoms with Crippen LogP contribution in [-0.2, 0) is 11.2 Å². The Balaban J connectivity index is 1.97. The van der Waals surface area contributed by atoms with Gasteiger partial charge in [0.15, 0.2) is 0 Å². The molecule has 0 aromatic heterocycles. The molecule has 0 saturated carbocycles. The smallest absolute Gasteiger partial charge is 0.263 e. The normalized spacial score (nSPS) is 12.0. The van der Waals surface area contributed by atoms with Gasteiger partial charge in [-0.05, 0) is 51.0 Å². The number of nitrogens with one attached hydrogen (secondary N) is 2. The molecule has 2 aromatic carbocycles. The molecular weight excluding hydrogens is 386 g/mol. The highest BCUT2D eigenvalue weighted by Crippen LogP contribution is 2.26. The number of halogens is 1. The summed E-state index contributed by atoms with van der Waals surface area (Å²) in [6.45, 7) is 6.89. The number of carbonyl (C=O) groups excluding carboxylic acids is 1. The Bertz CT molecular complexity index is 919. The van der Waals surface area contributed by atoms with E-state index in [1.54, 1.807) is 0 Å². The summed E-state index contributed by atoms with van der Waals surface area (Å²) in [4.78, 5) is 12.5. The fourth-order valence-electron chi connectivity index (χ4n) is 2.88. The van der Waals surface area contributed by atoms with Gasteiger partial charge in [-0.3, -0.25) is 4.79 Å². The van der Waals surface area contributed by atoms with Gasteiger partial charge in [0, 0.05) is 23.3 Å². The van der Waals surface area contributed by atoms with Crippen LogP contribution in [-0.4, -0.2) is 19.1 Å².